The highest BCUT2D eigenvalue weighted by molar-refractivity contribution is 5.84. The molecule has 5 heteroatoms. The van der Waals surface area contributed by atoms with Crippen molar-refractivity contribution in [2.45, 2.75) is 13.3 Å². The molecule has 2 rings (SSSR count). The number of benzene rings is 1. The van der Waals surface area contributed by atoms with Gasteiger partial charge in [-0.25, -0.2) is 4.79 Å². The molecule has 1 heterocycles. The molecule has 0 atom stereocenters. The molecule has 2 N–H and O–H groups in total. The molecule has 1 aromatic carbocycles. The lowest BCUT2D eigenvalue weighted by atomic mass is 10.0. The van der Waals surface area contributed by atoms with Crippen LogP contribution in [0.5, 0.6) is 5.75 Å². The van der Waals surface area contributed by atoms with Crippen LogP contribution in [-0.2, 0) is 11.2 Å². The number of carbonyl (C=O) groups is 1. The van der Waals surface area contributed by atoms with Gasteiger partial charge in [0.25, 0.3) is 0 Å². The summed E-state index contributed by atoms with van der Waals surface area (Å²) in [4.78, 5) is 10.6. The fourth-order valence-electron chi connectivity index (χ4n) is 2.04. The van der Waals surface area contributed by atoms with Crippen molar-refractivity contribution < 1.29 is 18.7 Å². The number of fused-ring (bicyclic) bond motifs is 1. The second kappa shape index (κ2) is 5.00. The average Bonchev–Trinajstić information content (AvgIpc) is 2.79. The minimum absolute atomic E-state index is 0.232. The topological polar surface area (TPSA) is 74.7 Å². The summed E-state index contributed by atoms with van der Waals surface area (Å²) in [7, 11) is 1.60. The Balaban J connectivity index is 2.34. The first-order chi connectivity index (χ1) is 8.63. The van der Waals surface area contributed by atoms with Crippen molar-refractivity contribution in [2.75, 3.05) is 13.7 Å². The molecule has 0 fully saturated rings. The summed E-state index contributed by atoms with van der Waals surface area (Å²) < 4.78 is 15.4. The van der Waals surface area contributed by atoms with Gasteiger partial charge in [-0.05, 0) is 18.6 Å². The van der Waals surface area contributed by atoms with Crippen molar-refractivity contribution in [3.8, 4) is 5.75 Å². The molecule has 0 saturated heterocycles. The summed E-state index contributed by atoms with van der Waals surface area (Å²) in [6.07, 6.45) is 1.43. The third kappa shape index (κ3) is 2.25. The Hall–Kier alpha value is -2.17. The fourth-order valence-corrected chi connectivity index (χ4v) is 2.04. The van der Waals surface area contributed by atoms with Crippen LogP contribution in [-0.4, -0.2) is 19.8 Å². The van der Waals surface area contributed by atoms with Gasteiger partial charge >= 0.3 is 6.09 Å². The Morgan fingerprint density at radius 3 is 2.94 bits per heavy atom. The number of carbonyl (C=O) groups excluding carboxylic acids is 1. The van der Waals surface area contributed by atoms with Gasteiger partial charge in [0.15, 0.2) is 0 Å². The molecular weight excluding hydrogens is 234 g/mol. The second-order valence-electron chi connectivity index (χ2n) is 3.93. The van der Waals surface area contributed by atoms with E-state index in [1.165, 1.54) is 0 Å². The zero-order valence-electron chi connectivity index (χ0n) is 10.4. The van der Waals surface area contributed by atoms with E-state index in [0.717, 1.165) is 27.8 Å². The zero-order chi connectivity index (χ0) is 13.1. The monoisotopic (exact) mass is 249 g/mol. The largest absolute Gasteiger partial charge is 0.496 e. The molecule has 0 aliphatic rings. The van der Waals surface area contributed by atoms with E-state index in [4.69, 9.17) is 19.6 Å². The maximum Gasteiger partial charge on any atom is 0.404 e. The van der Waals surface area contributed by atoms with Crippen molar-refractivity contribution in [3.63, 3.8) is 0 Å². The number of primary amides is 1. The standard InChI is InChI=1S/C13H15NO4/c1-8-9(4-6-18-13(14)15)11(16-2)7-12-10(8)3-5-17-12/h3,5,7H,4,6H2,1-2H3,(H2,14,15). The maximum atomic E-state index is 10.6. The molecule has 0 saturated carbocycles. The zero-order valence-corrected chi connectivity index (χ0v) is 10.4. The molecular formula is C13H15NO4. The van der Waals surface area contributed by atoms with Crippen LogP contribution in [0.2, 0.25) is 0 Å². The van der Waals surface area contributed by atoms with Crippen LogP contribution in [0, 0.1) is 6.92 Å². The normalized spacial score (nSPS) is 10.6. The van der Waals surface area contributed by atoms with Crippen LogP contribution in [0.25, 0.3) is 11.0 Å². The van der Waals surface area contributed by atoms with E-state index in [2.05, 4.69) is 0 Å². The molecule has 0 radical (unpaired) electrons. The summed E-state index contributed by atoms with van der Waals surface area (Å²) in [6.45, 7) is 2.22. The van der Waals surface area contributed by atoms with Crippen LogP contribution in [0.3, 0.4) is 0 Å². The Bertz CT molecular complexity index is 574. The lowest BCUT2D eigenvalue weighted by Gasteiger charge is -2.12. The number of hydrogen-bond acceptors (Lipinski definition) is 4. The highest BCUT2D eigenvalue weighted by atomic mass is 16.5. The summed E-state index contributed by atoms with van der Waals surface area (Å²) in [5, 5.41) is 1.03. The molecule has 0 unspecified atom stereocenters. The van der Waals surface area contributed by atoms with Crippen LogP contribution < -0.4 is 10.5 Å². The number of ether oxygens (including phenoxy) is 2. The number of methoxy groups -OCH3 is 1. The molecule has 96 valence electrons. The third-order valence-electron chi connectivity index (χ3n) is 2.93. The van der Waals surface area contributed by atoms with E-state index >= 15 is 0 Å². The smallest absolute Gasteiger partial charge is 0.404 e. The van der Waals surface area contributed by atoms with Gasteiger partial charge in [0.1, 0.15) is 11.3 Å². The third-order valence-corrected chi connectivity index (χ3v) is 2.93. The highest BCUT2D eigenvalue weighted by Gasteiger charge is 2.13. The first-order valence-electron chi connectivity index (χ1n) is 5.59. The van der Waals surface area contributed by atoms with Gasteiger partial charge in [-0.15, -0.1) is 0 Å². The Morgan fingerprint density at radius 2 is 2.28 bits per heavy atom. The minimum Gasteiger partial charge on any atom is -0.496 e. The SMILES string of the molecule is COc1cc2occc2c(C)c1CCOC(N)=O. The molecule has 0 aliphatic carbocycles. The van der Waals surface area contributed by atoms with Gasteiger partial charge in [-0.3, -0.25) is 0 Å². The second-order valence-corrected chi connectivity index (χ2v) is 3.93. The summed E-state index contributed by atoms with van der Waals surface area (Å²) in [5.74, 6) is 0.725. The molecule has 1 aromatic heterocycles. The van der Waals surface area contributed by atoms with Crippen molar-refractivity contribution in [3.05, 3.63) is 29.5 Å². The number of hydrogen-bond donors (Lipinski definition) is 1. The van der Waals surface area contributed by atoms with Crippen molar-refractivity contribution in [1.29, 1.82) is 0 Å². The van der Waals surface area contributed by atoms with E-state index < -0.39 is 6.09 Å². The lowest BCUT2D eigenvalue weighted by molar-refractivity contribution is 0.158. The lowest BCUT2D eigenvalue weighted by Crippen LogP contribution is -2.15. The van der Waals surface area contributed by atoms with Gasteiger partial charge in [-0.2, -0.15) is 0 Å². The van der Waals surface area contributed by atoms with E-state index in [1.807, 2.05) is 19.1 Å². The van der Waals surface area contributed by atoms with Gasteiger partial charge < -0.3 is 19.6 Å². The Kier molecular flexibility index (Phi) is 3.41. The van der Waals surface area contributed by atoms with E-state index in [-0.39, 0.29) is 6.61 Å². The molecule has 0 bridgehead atoms. The first kappa shape index (κ1) is 12.3. The number of nitrogens with two attached hydrogens (primary N) is 1. The maximum absolute atomic E-state index is 10.6. The molecule has 5 nitrogen and oxygen atoms in total. The Morgan fingerprint density at radius 1 is 1.50 bits per heavy atom. The molecule has 0 spiro atoms. The van der Waals surface area contributed by atoms with Crippen molar-refractivity contribution in [2.24, 2.45) is 5.73 Å². The molecule has 1 amide bonds. The summed E-state index contributed by atoms with van der Waals surface area (Å²) in [5.41, 5.74) is 7.77. The molecule has 0 aliphatic heterocycles. The summed E-state index contributed by atoms with van der Waals surface area (Å²) in [6, 6.07) is 3.74. The number of rotatable bonds is 4. The van der Waals surface area contributed by atoms with Crippen molar-refractivity contribution in [1.82, 2.24) is 0 Å². The summed E-state index contributed by atoms with van der Waals surface area (Å²) >= 11 is 0. The minimum atomic E-state index is -0.768. The van der Waals surface area contributed by atoms with E-state index in [0.29, 0.717) is 6.42 Å². The molecule has 18 heavy (non-hydrogen) atoms. The van der Waals surface area contributed by atoms with Gasteiger partial charge in [-0.1, -0.05) is 0 Å². The van der Waals surface area contributed by atoms with Crippen LogP contribution in [0.4, 0.5) is 4.79 Å². The average molecular weight is 249 g/mol. The number of aryl methyl sites for hydroxylation is 1. The number of furan rings is 1. The van der Waals surface area contributed by atoms with Crippen LogP contribution >= 0.6 is 0 Å². The van der Waals surface area contributed by atoms with E-state index in [9.17, 15) is 4.79 Å². The van der Waals surface area contributed by atoms with Gasteiger partial charge in [0.2, 0.25) is 0 Å². The van der Waals surface area contributed by atoms with Gasteiger partial charge in [0, 0.05) is 23.4 Å². The molecule has 2 aromatic rings. The fraction of sp³-hybridized carbons (Fsp3) is 0.308. The first-order valence-corrected chi connectivity index (χ1v) is 5.59. The van der Waals surface area contributed by atoms with Crippen molar-refractivity contribution >= 4 is 17.1 Å². The number of amides is 1. The van der Waals surface area contributed by atoms with E-state index in [1.54, 1.807) is 13.4 Å². The predicted octanol–water partition coefficient (Wildman–Crippen LogP) is 2.39. The predicted molar refractivity (Wildman–Crippen MR) is 66.7 cm³/mol. The van der Waals surface area contributed by atoms with Crippen LogP contribution in [0.1, 0.15) is 11.1 Å². The van der Waals surface area contributed by atoms with Crippen LogP contribution in [0.15, 0.2) is 22.8 Å². The quantitative estimate of drug-likeness (QED) is 0.902. The Labute approximate surface area is 104 Å². The highest BCUT2D eigenvalue weighted by Crippen LogP contribution is 2.31. The van der Waals surface area contributed by atoms with Gasteiger partial charge in [0.05, 0.1) is 20.0 Å².